The van der Waals surface area contributed by atoms with E-state index in [9.17, 15) is 4.79 Å². The zero-order chi connectivity index (χ0) is 7.40. The van der Waals surface area contributed by atoms with Gasteiger partial charge in [-0.15, -0.1) is 0 Å². The lowest BCUT2D eigenvalue weighted by Crippen LogP contribution is -1.93. The van der Waals surface area contributed by atoms with Gasteiger partial charge in [0.05, 0.1) is 5.69 Å². The third-order valence-electron chi connectivity index (χ3n) is 1.41. The number of aldehydes is 1. The molecule has 1 atom stereocenters. The number of hydrogen-bond acceptors (Lipinski definition) is 3. The zero-order valence-electron chi connectivity index (χ0n) is 5.78. The quantitative estimate of drug-likeness (QED) is 0.594. The molecule has 3 heteroatoms. The first-order chi connectivity index (χ1) is 4.84. The second kappa shape index (κ2) is 3.15. The van der Waals surface area contributed by atoms with Gasteiger partial charge in [-0.25, -0.2) is 0 Å². The summed E-state index contributed by atoms with van der Waals surface area (Å²) < 4.78 is 4.62. The van der Waals surface area contributed by atoms with Gasteiger partial charge >= 0.3 is 0 Å². The Labute approximate surface area is 59.0 Å². The van der Waals surface area contributed by atoms with Crippen molar-refractivity contribution in [3.63, 3.8) is 0 Å². The average molecular weight is 139 g/mol. The summed E-state index contributed by atoms with van der Waals surface area (Å²) in [6.07, 6.45) is 2.91. The van der Waals surface area contributed by atoms with Crippen molar-refractivity contribution in [2.24, 2.45) is 0 Å². The van der Waals surface area contributed by atoms with Crippen LogP contribution in [-0.4, -0.2) is 11.4 Å². The zero-order valence-corrected chi connectivity index (χ0v) is 5.78. The lowest BCUT2D eigenvalue weighted by Gasteiger charge is -1.98. The molecule has 0 aliphatic heterocycles. The molecule has 0 aliphatic carbocycles. The normalized spacial score (nSPS) is 12.9. The van der Waals surface area contributed by atoms with Crippen molar-refractivity contribution in [3.05, 3.63) is 18.0 Å². The molecule has 1 aromatic rings. The highest BCUT2D eigenvalue weighted by molar-refractivity contribution is 5.50. The predicted molar refractivity (Wildman–Crippen MR) is 35.6 cm³/mol. The van der Waals surface area contributed by atoms with E-state index < -0.39 is 0 Å². The highest BCUT2D eigenvalue weighted by atomic mass is 16.5. The van der Waals surface area contributed by atoms with Crippen LogP contribution in [0.4, 0.5) is 0 Å². The third kappa shape index (κ3) is 1.43. The van der Waals surface area contributed by atoms with Gasteiger partial charge in [-0.2, -0.15) is 0 Å². The first-order valence-electron chi connectivity index (χ1n) is 3.18. The molecule has 0 bridgehead atoms. The molecule has 1 unspecified atom stereocenters. The molecule has 1 rings (SSSR count). The minimum absolute atomic E-state index is 0.177. The maximum atomic E-state index is 10.1. The number of nitrogens with zero attached hydrogens (tertiary/aromatic N) is 1. The number of carbonyl (C=O) groups excluding carboxylic acids is 1. The topological polar surface area (TPSA) is 43.1 Å². The van der Waals surface area contributed by atoms with Crippen LogP contribution in [0, 0.1) is 0 Å². The second-order valence-corrected chi connectivity index (χ2v) is 2.23. The van der Waals surface area contributed by atoms with E-state index in [4.69, 9.17) is 0 Å². The van der Waals surface area contributed by atoms with Crippen LogP contribution < -0.4 is 0 Å². The molecule has 1 aromatic heterocycles. The lowest BCUT2D eigenvalue weighted by molar-refractivity contribution is -0.108. The molecule has 0 spiro atoms. The number of aromatic nitrogens is 1. The summed E-state index contributed by atoms with van der Waals surface area (Å²) in [6, 6.07) is 1.77. The first kappa shape index (κ1) is 6.99. The summed E-state index contributed by atoms with van der Waals surface area (Å²) in [5.74, 6) is 0.177. The lowest BCUT2D eigenvalue weighted by atomic mass is 10.1. The van der Waals surface area contributed by atoms with Crippen LogP contribution in [0.5, 0.6) is 0 Å². The Hall–Kier alpha value is -1.12. The Morgan fingerprint density at radius 1 is 1.90 bits per heavy atom. The summed E-state index contributed by atoms with van der Waals surface area (Å²) >= 11 is 0. The van der Waals surface area contributed by atoms with Gasteiger partial charge in [-0.3, -0.25) is 0 Å². The number of carbonyl (C=O) groups is 1. The van der Waals surface area contributed by atoms with Crippen LogP contribution in [0.1, 0.15) is 25.0 Å². The molecular weight excluding hydrogens is 130 g/mol. The van der Waals surface area contributed by atoms with Crippen molar-refractivity contribution >= 4 is 6.29 Å². The minimum Gasteiger partial charge on any atom is -0.365 e. The fourth-order valence-electron chi connectivity index (χ4n) is 0.741. The van der Waals surface area contributed by atoms with Gasteiger partial charge in [0.15, 0.2) is 0 Å². The molecule has 0 saturated heterocycles. The molecule has 0 fully saturated rings. The van der Waals surface area contributed by atoms with Gasteiger partial charge in [0.25, 0.3) is 0 Å². The van der Waals surface area contributed by atoms with Crippen molar-refractivity contribution in [1.82, 2.24) is 5.16 Å². The highest BCUT2D eigenvalue weighted by Gasteiger charge is 2.06. The predicted octanol–water partition coefficient (Wildman–Crippen LogP) is 1.37. The monoisotopic (exact) mass is 139 g/mol. The molecule has 0 aliphatic rings. The maximum Gasteiger partial charge on any atom is 0.124 e. The van der Waals surface area contributed by atoms with Crippen LogP contribution in [0.25, 0.3) is 0 Å². The van der Waals surface area contributed by atoms with Gasteiger partial charge in [-0.1, -0.05) is 12.1 Å². The molecule has 0 saturated carbocycles. The third-order valence-corrected chi connectivity index (χ3v) is 1.41. The van der Waals surface area contributed by atoms with Crippen molar-refractivity contribution in [3.8, 4) is 0 Å². The molecule has 54 valence electrons. The molecule has 0 radical (unpaired) electrons. The molecule has 0 aromatic carbocycles. The fraction of sp³-hybridized carbons (Fsp3) is 0.429. The number of hydrogen-bond donors (Lipinski definition) is 0. The maximum absolute atomic E-state index is 10.1. The van der Waals surface area contributed by atoms with E-state index in [0.29, 0.717) is 6.42 Å². The Morgan fingerprint density at radius 2 is 2.70 bits per heavy atom. The van der Waals surface area contributed by atoms with E-state index in [2.05, 4.69) is 9.68 Å². The van der Waals surface area contributed by atoms with Crippen molar-refractivity contribution in [2.45, 2.75) is 19.3 Å². The van der Waals surface area contributed by atoms with Crippen molar-refractivity contribution < 1.29 is 9.32 Å². The van der Waals surface area contributed by atoms with Crippen LogP contribution in [0.2, 0.25) is 0 Å². The Bertz CT molecular complexity index is 193. The van der Waals surface area contributed by atoms with E-state index in [1.54, 1.807) is 6.07 Å². The summed E-state index contributed by atoms with van der Waals surface area (Å²) in [5.41, 5.74) is 0.840. The van der Waals surface area contributed by atoms with E-state index in [0.717, 1.165) is 12.0 Å². The van der Waals surface area contributed by atoms with Crippen LogP contribution >= 0.6 is 0 Å². The largest absolute Gasteiger partial charge is 0.365 e. The van der Waals surface area contributed by atoms with Crippen LogP contribution in [-0.2, 0) is 4.79 Å². The van der Waals surface area contributed by atoms with Crippen LogP contribution in [0.3, 0.4) is 0 Å². The summed E-state index contributed by atoms with van der Waals surface area (Å²) in [6.45, 7) is 1.94. The smallest absolute Gasteiger partial charge is 0.124 e. The molecular formula is C7H9NO2. The fourth-order valence-corrected chi connectivity index (χ4v) is 0.741. The van der Waals surface area contributed by atoms with Crippen molar-refractivity contribution in [2.75, 3.05) is 0 Å². The second-order valence-electron chi connectivity index (χ2n) is 2.23. The standard InChI is InChI=1S/C7H9NO2/c1-6(2-4-9)7-3-5-10-8-7/h3-6H,2H2,1H3. The Morgan fingerprint density at radius 3 is 3.20 bits per heavy atom. The van der Waals surface area contributed by atoms with E-state index in [-0.39, 0.29) is 5.92 Å². The average Bonchev–Trinajstić information content (AvgIpc) is 2.38. The summed E-state index contributed by atoms with van der Waals surface area (Å²) in [5, 5.41) is 3.70. The van der Waals surface area contributed by atoms with Gasteiger partial charge in [-0.05, 0) is 0 Å². The van der Waals surface area contributed by atoms with Crippen LogP contribution in [0.15, 0.2) is 16.9 Å². The number of rotatable bonds is 3. The van der Waals surface area contributed by atoms with Gasteiger partial charge in [0.2, 0.25) is 0 Å². The molecule has 1 heterocycles. The van der Waals surface area contributed by atoms with Gasteiger partial charge in [0.1, 0.15) is 12.5 Å². The minimum atomic E-state index is 0.177. The Kier molecular flexibility index (Phi) is 2.20. The van der Waals surface area contributed by atoms with E-state index in [1.165, 1.54) is 6.26 Å². The molecule has 0 N–H and O–H groups in total. The highest BCUT2D eigenvalue weighted by Crippen LogP contribution is 2.14. The molecule has 10 heavy (non-hydrogen) atoms. The molecule has 0 amide bonds. The SMILES string of the molecule is CC(CC=O)c1ccon1. The first-order valence-corrected chi connectivity index (χ1v) is 3.18. The van der Waals surface area contributed by atoms with Gasteiger partial charge in [0, 0.05) is 18.4 Å². The Balaban J connectivity index is 2.58. The van der Waals surface area contributed by atoms with Crippen molar-refractivity contribution in [1.29, 1.82) is 0 Å². The summed E-state index contributed by atoms with van der Waals surface area (Å²) in [4.78, 5) is 10.1. The van der Waals surface area contributed by atoms with E-state index in [1.807, 2.05) is 6.92 Å². The summed E-state index contributed by atoms with van der Waals surface area (Å²) in [7, 11) is 0. The van der Waals surface area contributed by atoms with E-state index >= 15 is 0 Å². The molecule has 3 nitrogen and oxygen atoms in total. The van der Waals surface area contributed by atoms with Gasteiger partial charge < -0.3 is 9.32 Å².